The monoisotopic (exact) mass is 223 g/mol. The first kappa shape index (κ1) is 12.4. The summed E-state index contributed by atoms with van der Waals surface area (Å²) in [5.41, 5.74) is 0.580. The maximum Gasteiger partial charge on any atom is 0.00978 e. The molecule has 0 aromatic heterocycles. The summed E-state index contributed by atoms with van der Waals surface area (Å²) < 4.78 is 0. The maximum absolute atomic E-state index is 3.97. The highest BCUT2D eigenvalue weighted by molar-refractivity contribution is 4.89. The Morgan fingerprint density at radius 1 is 1.12 bits per heavy atom. The fourth-order valence-electron chi connectivity index (χ4n) is 3.89. The van der Waals surface area contributed by atoms with Crippen LogP contribution in [0.3, 0.4) is 0 Å². The van der Waals surface area contributed by atoms with Crippen LogP contribution in [0.25, 0.3) is 0 Å². The highest BCUT2D eigenvalue weighted by Gasteiger charge is 2.32. The lowest BCUT2D eigenvalue weighted by molar-refractivity contribution is 0.181. The van der Waals surface area contributed by atoms with Crippen molar-refractivity contribution in [3.8, 4) is 0 Å². The van der Waals surface area contributed by atoms with Crippen molar-refractivity contribution < 1.29 is 0 Å². The van der Waals surface area contributed by atoms with Crippen LogP contribution in [0.15, 0.2) is 0 Å². The van der Waals surface area contributed by atoms with E-state index in [1.807, 2.05) is 0 Å². The number of hydrogen-bond donors (Lipinski definition) is 1. The molecular formula is C15H29N. The topological polar surface area (TPSA) is 12.0 Å². The van der Waals surface area contributed by atoms with Crippen LogP contribution in [0.5, 0.6) is 0 Å². The lowest BCUT2D eigenvalue weighted by Gasteiger charge is -2.38. The van der Waals surface area contributed by atoms with Crippen LogP contribution < -0.4 is 5.32 Å². The fraction of sp³-hybridized carbons (Fsp3) is 1.00. The smallest absolute Gasteiger partial charge is 0.00978 e. The fourth-order valence-corrected chi connectivity index (χ4v) is 3.89. The molecule has 2 aliphatic carbocycles. The van der Waals surface area contributed by atoms with Gasteiger partial charge < -0.3 is 5.32 Å². The van der Waals surface area contributed by atoms with Crippen LogP contribution in [-0.4, -0.2) is 12.1 Å². The Hall–Kier alpha value is -0.0400. The largest absolute Gasteiger partial charge is 0.311 e. The van der Waals surface area contributed by atoms with Crippen molar-refractivity contribution in [2.75, 3.05) is 0 Å². The molecule has 2 fully saturated rings. The normalized spacial score (nSPS) is 38.8. The summed E-state index contributed by atoms with van der Waals surface area (Å²) in [6, 6.07) is 1.64. The molecule has 2 aliphatic rings. The minimum Gasteiger partial charge on any atom is -0.311 e. The van der Waals surface area contributed by atoms with Crippen LogP contribution in [0.1, 0.15) is 72.1 Å². The van der Waals surface area contributed by atoms with E-state index in [2.05, 4.69) is 26.1 Å². The molecule has 1 heteroatoms. The standard InChI is InChI=1S/C15H29N/c1-4-12-7-5-9-14(12)16-13-8-6-10-15(2,3)11-13/h12-14,16H,4-11H2,1-3H3. The first-order chi connectivity index (χ1) is 7.61. The van der Waals surface area contributed by atoms with E-state index in [0.29, 0.717) is 5.41 Å². The molecule has 0 aromatic rings. The highest BCUT2D eigenvalue weighted by atomic mass is 15.0. The van der Waals surface area contributed by atoms with Crippen molar-refractivity contribution in [1.29, 1.82) is 0 Å². The third-order valence-corrected chi connectivity index (χ3v) is 4.84. The second kappa shape index (κ2) is 5.08. The molecular weight excluding hydrogens is 194 g/mol. The van der Waals surface area contributed by atoms with Crippen LogP contribution in [0, 0.1) is 11.3 Å². The molecule has 0 spiro atoms. The molecule has 0 aliphatic heterocycles. The van der Waals surface area contributed by atoms with E-state index in [9.17, 15) is 0 Å². The van der Waals surface area contributed by atoms with E-state index in [1.54, 1.807) is 0 Å². The van der Waals surface area contributed by atoms with Gasteiger partial charge in [0.2, 0.25) is 0 Å². The van der Waals surface area contributed by atoms with Gasteiger partial charge in [0.25, 0.3) is 0 Å². The van der Waals surface area contributed by atoms with Gasteiger partial charge in [0, 0.05) is 12.1 Å². The average molecular weight is 223 g/mol. The van der Waals surface area contributed by atoms with E-state index in [0.717, 1.165) is 18.0 Å². The van der Waals surface area contributed by atoms with E-state index in [1.165, 1.54) is 51.4 Å². The maximum atomic E-state index is 3.97. The first-order valence-electron chi connectivity index (χ1n) is 7.37. The van der Waals surface area contributed by atoms with Crippen molar-refractivity contribution in [1.82, 2.24) is 5.32 Å². The van der Waals surface area contributed by atoms with Crippen molar-refractivity contribution in [3.05, 3.63) is 0 Å². The second-order valence-electron chi connectivity index (χ2n) is 6.83. The summed E-state index contributed by atoms with van der Waals surface area (Å²) in [5, 5.41) is 3.97. The predicted molar refractivity (Wildman–Crippen MR) is 70.6 cm³/mol. The molecule has 0 bridgehead atoms. The molecule has 2 saturated carbocycles. The molecule has 3 atom stereocenters. The zero-order valence-electron chi connectivity index (χ0n) is 11.4. The van der Waals surface area contributed by atoms with Crippen LogP contribution >= 0.6 is 0 Å². The summed E-state index contributed by atoms with van der Waals surface area (Å²) in [4.78, 5) is 0. The minimum atomic E-state index is 0.580. The summed E-state index contributed by atoms with van der Waals surface area (Å²) in [7, 11) is 0. The van der Waals surface area contributed by atoms with E-state index in [-0.39, 0.29) is 0 Å². The van der Waals surface area contributed by atoms with Gasteiger partial charge in [-0.3, -0.25) is 0 Å². The Kier molecular flexibility index (Phi) is 3.94. The molecule has 0 radical (unpaired) electrons. The number of nitrogens with one attached hydrogen (secondary N) is 1. The van der Waals surface area contributed by atoms with Gasteiger partial charge in [-0.05, 0) is 43.4 Å². The van der Waals surface area contributed by atoms with Crippen molar-refractivity contribution in [3.63, 3.8) is 0 Å². The molecule has 3 unspecified atom stereocenters. The van der Waals surface area contributed by atoms with Gasteiger partial charge in [-0.15, -0.1) is 0 Å². The molecule has 0 heterocycles. The van der Waals surface area contributed by atoms with E-state index < -0.39 is 0 Å². The average Bonchev–Trinajstić information content (AvgIpc) is 2.63. The number of hydrogen-bond acceptors (Lipinski definition) is 1. The van der Waals surface area contributed by atoms with Gasteiger partial charge in [0.15, 0.2) is 0 Å². The van der Waals surface area contributed by atoms with Crippen molar-refractivity contribution in [2.45, 2.75) is 84.2 Å². The van der Waals surface area contributed by atoms with Crippen LogP contribution in [0.2, 0.25) is 0 Å². The predicted octanol–water partition coefficient (Wildman–Crippen LogP) is 4.12. The summed E-state index contributed by atoms with van der Waals surface area (Å²) >= 11 is 0. The quantitative estimate of drug-likeness (QED) is 0.759. The van der Waals surface area contributed by atoms with Gasteiger partial charge in [-0.1, -0.05) is 40.0 Å². The summed E-state index contributed by atoms with van der Waals surface area (Å²) in [6.45, 7) is 7.23. The van der Waals surface area contributed by atoms with Gasteiger partial charge in [-0.25, -0.2) is 0 Å². The van der Waals surface area contributed by atoms with Gasteiger partial charge in [0.05, 0.1) is 0 Å². The van der Waals surface area contributed by atoms with Crippen molar-refractivity contribution >= 4 is 0 Å². The summed E-state index contributed by atoms with van der Waals surface area (Å²) in [6.07, 6.45) is 11.4. The molecule has 0 aromatic carbocycles. The molecule has 16 heavy (non-hydrogen) atoms. The van der Waals surface area contributed by atoms with Gasteiger partial charge >= 0.3 is 0 Å². The van der Waals surface area contributed by atoms with E-state index >= 15 is 0 Å². The van der Waals surface area contributed by atoms with Crippen molar-refractivity contribution in [2.24, 2.45) is 11.3 Å². The Bertz CT molecular complexity index is 221. The third kappa shape index (κ3) is 3.00. The second-order valence-corrected chi connectivity index (χ2v) is 6.83. The zero-order valence-corrected chi connectivity index (χ0v) is 11.4. The molecule has 0 amide bonds. The third-order valence-electron chi connectivity index (χ3n) is 4.84. The highest BCUT2D eigenvalue weighted by Crippen LogP contribution is 2.36. The Labute approximate surface area is 101 Å². The Morgan fingerprint density at radius 3 is 2.62 bits per heavy atom. The summed E-state index contributed by atoms with van der Waals surface area (Å²) in [5.74, 6) is 0.963. The lowest BCUT2D eigenvalue weighted by atomic mass is 9.75. The Morgan fingerprint density at radius 2 is 1.94 bits per heavy atom. The van der Waals surface area contributed by atoms with Crippen LogP contribution in [0.4, 0.5) is 0 Å². The SMILES string of the molecule is CCC1CCCC1NC1CCCC(C)(C)C1. The molecule has 1 nitrogen and oxygen atoms in total. The van der Waals surface area contributed by atoms with Crippen LogP contribution in [-0.2, 0) is 0 Å². The molecule has 0 saturated heterocycles. The Balaban J connectivity index is 1.84. The van der Waals surface area contributed by atoms with E-state index in [4.69, 9.17) is 0 Å². The van der Waals surface area contributed by atoms with Gasteiger partial charge in [-0.2, -0.15) is 0 Å². The number of rotatable bonds is 3. The lowest BCUT2D eigenvalue weighted by Crippen LogP contribution is -2.44. The van der Waals surface area contributed by atoms with Gasteiger partial charge in [0.1, 0.15) is 0 Å². The molecule has 2 rings (SSSR count). The zero-order chi connectivity index (χ0) is 11.6. The minimum absolute atomic E-state index is 0.580. The molecule has 94 valence electrons. The first-order valence-corrected chi connectivity index (χ1v) is 7.37. The molecule has 1 N–H and O–H groups in total.